The van der Waals surface area contributed by atoms with E-state index in [1.165, 1.54) is 17.4 Å². The lowest BCUT2D eigenvalue weighted by Crippen LogP contribution is -2.34. The number of amides is 1. The SMILES string of the molecule is CCOC(=O)c1c(NC(=S)NC(=O)c2ccc(-c3cccc(Cl)c3Cl)o2)sc2c1CCC2. The fraction of sp³-hybridized carbons (Fsp3) is 0.227. The second kappa shape index (κ2) is 9.62. The second-order valence-electron chi connectivity index (χ2n) is 6.96. The number of anilines is 1. The van der Waals surface area contributed by atoms with E-state index in [0.29, 0.717) is 31.9 Å². The molecule has 2 aromatic heterocycles. The van der Waals surface area contributed by atoms with Gasteiger partial charge in [-0.25, -0.2) is 4.79 Å². The lowest BCUT2D eigenvalue weighted by molar-refractivity contribution is 0.0527. The Bertz CT molecular complexity index is 1220. The number of hydrogen-bond donors (Lipinski definition) is 2. The summed E-state index contributed by atoms with van der Waals surface area (Å²) >= 11 is 19.0. The van der Waals surface area contributed by atoms with Gasteiger partial charge in [0.1, 0.15) is 10.8 Å². The van der Waals surface area contributed by atoms with Crippen LogP contribution in [-0.2, 0) is 17.6 Å². The van der Waals surface area contributed by atoms with Crippen molar-refractivity contribution in [2.75, 3.05) is 11.9 Å². The molecule has 0 bridgehead atoms. The van der Waals surface area contributed by atoms with Crippen molar-refractivity contribution in [1.29, 1.82) is 0 Å². The second-order valence-corrected chi connectivity index (χ2v) is 9.25. The van der Waals surface area contributed by atoms with E-state index in [2.05, 4.69) is 10.6 Å². The van der Waals surface area contributed by atoms with Gasteiger partial charge in [0.25, 0.3) is 5.91 Å². The largest absolute Gasteiger partial charge is 0.462 e. The maximum atomic E-state index is 12.6. The summed E-state index contributed by atoms with van der Waals surface area (Å²) in [4.78, 5) is 26.2. The third kappa shape index (κ3) is 4.54. The third-order valence-corrected chi connectivity index (χ3v) is 7.13. The van der Waals surface area contributed by atoms with Crippen LogP contribution in [0.4, 0.5) is 5.00 Å². The summed E-state index contributed by atoms with van der Waals surface area (Å²) in [6.07, 6.45) is 2.74. The molecule has 1 aliphatic carbocycles. The number of ether oxygens (including phenoxy) is 1. The smallest absolute Gasteiger partial charge is 0.341 e. The normalized spacial score (nSPS) is 12.3. The van der Waals surface area contributed by atoms with E-state index in [1.807, 2.05) is 0 Å². The van der Waals surface area contributed by atoms with Crippen LogP contribution in [0.1, 0.15) is 44.7 Å². The van der Waals surface area contributed by atoms with E-state index in [-0.39, 0.29) is 17.5 Å². The number of carbonyl (C=O) groups excluding carboxylic acids is 2. The van der Waals surface area contributed by atoms with Gasteiger partial charge in [-0.3, -0.25) is 10.1 Å². The molecule has 0 unspecified atom stereocenters. The van der Waals surface area contributed by atoms with Crippen molar-refractivity contribution in [3.05, 3.63) is 62.1 Å². The lowest BCUT2D eigenvalue weighted by atomic mass is 10.1. The zero-order valence-corrected chi connectivity index (χ0v) is 20.1. The van der Waals surface area contributed by atoms with E-state index < -0.39 is 11.9 Å². The number of fused-ring (bicyclic) bond motifs is 1. The van der Waals surface area contributed by atoms with Gasteiger partial charge < -0.3 is 14.5 Å². The molecule has 0 saturated heterocycles. The van der Waals surface area contributed by atoms with Crippen LogP contribution in [0.3, 0.4) is 0 Å². The van der Waals surface area contributed by atoms with Crippen LogP contribution in [0.25, 0.3) is 11.3 Å². The summed E-state index contributed by atoms with van der Waals surface area (Å²) in [7, 11) is 0. The Balaban J connectivity index is 1.48. The molecule has 2 N–H and O–H groups in total. The number of thiocarbonyl (C=S) groups is 1. The average molecular weight is 509 g/mol. The Morgan fingerprint density at radius 2 is 2.03 bits per heavy atom. The summed E-state index contributed by atoms with van der Waals surface area (Å²) in [5.41, 5.74) is 2.07. The van der Waals surface area contributed by atoms with Crippen LogP contribution < -0.4 is 10.6 Å². The molecule has 2 heterocycles. The Morgan fingerprint density at radius 1 is 1.22 bits per heavy atom. The molecule has 3 aromatic rings. The van der Waals surface area contributed by atoms with E-state index in [9.17, 15) is 9.59 Å². The van der Waals surface area contributed by atoms with Crippen LogP contribution in [0.15, 0.2) is 34.7 Å². The number of aryl methyl sites for hydroxylation is 1. The Labute approximate surface area is 203 Å². The first-order chi connectivity index (χ1) is 15.4. The van der Waals surface area contributed by atoms with Crippen molar-refractivity contribution in [1.82, 2.24) is 5.32 Å². The maximum Gasteiger partial charge on any atom is 0.341 e. The molecule has 166 valence electrons. The summed E-state index contributed by atoms with van der Waals surface area (Å²) < 4.78 is 10.9. The van der Waals surface area contributed by atoms with E-state index in [4.69, 9.17) is 44.6 Å². The van der Waals surface area contributed by atoms with Crippen molar-refractivity contribution in [2.45, 2.75) is 26.2 Å². The van der Waals surface area contributed by atoms with Gasteiger partial charge >= 0.3 is 5.97 Å². The van der Waals surface area contributed by atoms with Gasteiger partial charge in [0.15, 0.2) is 10.9 Å². The van der Waals surface area contributed by atoms with Gasteiger partial charge in [0.2, 0.25) is 0 Å². The van der Waals surface area contributed by atoms with E-state index in [0.717, 1.165) is 29.7 Å². The number of carbonyl (C=O) groups is 2. The van der Waals surface area contributed by atoms with Crippen LogP contribution in [0.5, 0.6) is 0 Å². The van der Waals surface area contributed by atoms with Crippen molar-refractivity contribution < 1.29 is 18.7 Å². The highest BCUT2D eigenvalue weighted by atomic mass is 35.5. The van der Waals surface area contributed by atoms with Gasteiger partial charge in [-0.2, -0.15) is 0 Å². The first kappa shape index (κ1) is 22.8. The molecule has 0 aliphatic heterocycles. The van der Waals surface area contributed by atoms with Gasteiger partial charge in [0.05, 0.1) is 22.2 Å². The average Bonchev–Trinajstić information content (AvgIpc) is 3.46. The predicted octanol–water partition coefficient (Wildman–Crippen LogP) is 6.11. The van der Waals surface area contributed by atoms with Crippen LogP contribution in [0.2, 0.25) is 10.0 Å². The summed E-state index contributed by atoms with van der Waals surface area (Å²) in [6.45, 7) is 2.04. The number of thiophene rings is 1. The zero-order valence-electron chi connectivity index (χ0n) is 16.9. The highest BCUT2D eigenvalue weighted by molar-refractivity contribution is 7.80. The molecule has 10 heteroatoms. The number of furan rings is 1. The Kier molecular flexibility index (Phi) is 6.85. The number of esters is 1. The van der Waals surface area contributed by atoms with Crippen molar-refractivity contribution in [3.63, 3.8) is 0 Å². The topological polar surface area (TPSA) is 80.6 Å². The molecule has 0 spiro atoms. The fourth-order valence-corrected chi connectivity index (χ4v) is 5.44. The highest BCUT2D eigenvalue weighted by Crippen LogP contribution is 2.39. The van der Waals surface area contributed by atoms with Gasteiger partial charge in [-0.15, -0.1) is 11.3 Å². The summed E-state index contributed by atoms with van der Waals surface area (Å²) in [6, 6.07) is 8.30. The molecule has 0 saturated carbocycles. The number of halogens is 2. The minimum absolute atomic E-state index is 0.0548. The van der Waals surface area contributed by atoms with E-state index in [1.54, 1.807) is 31.2 Å². The molecule has 0 radical (unpaired) electrons. The number of hydrogen-bond acceptors (Lipinski definition) is 6. The molecular weight excluding hydrogens is 491 g/mol. The molecule has 1 aromatic carbocycles. The number of nitrogens with one attached hydrogen (secondary N) is 2. The molecular formula is C22H18Cl2N2O4S2. The monoisotopic (exact) mass is 508 g/mol. The molecule has 0 atom stereocenters. The van der Waals surface area contributed by atoms with E-state index >= 15 is 0 Å². The predicted molar refractivity (Wildman–Crippen MR) is 130 cm³/mol. The van der Waals surface area contributed by atoms with Crippen LogP contribution in [-0.4, -0.2) is 23.6 Å². The molecule has 6 nitrogen and oxygen atoms in total. The summed E-state index contributed by atoms with van der Waals surface area (Å²) in [5.74, 6) is -0.466. The Morgan fingerprint density at radius 3 is 2.81 bits per heavy atom. The minimum atomic E-state index is -0.534. The first-order valence-corrected chi connectivity index (χ1v) is 11.8. The fourth-order valence-electron chi connectivity index (χ4n) is 3.51. The first-order valence-electron chi connectivity index (χ1n) is 9.87. The molecule has 1 amide bonds. The van der Waals surface area contributed by atoms with Crippen molar-refractivity contribution in [3.8, 4) is 11.3 Å². The molecule has 0 fully saturated rings. The van der Waals surface area contributed by atoms with Gasteiger partial charge in [0, 0.05) is 10.4 Å². The number of benzene rings is 1. The van der Waals surface area contributed by atoms with Crippen molar-refractivity contribution in [2.24, 2.45) is 0 Å². The molecule has 4 rings (SSSR count). The third-order valence-electron chi connectivity index (χ3n) is 4.90. The van der Waals surface area contributed by atoms with Gasteiger partial charge in [-0.1, -0.05) is 29.3 Å². The standard InChI is InChI=1S/C22H18Cl2N2O4S2/c1-2-29-21(28)17-12-6-4-8-16(12)32-20(17)26-22(31)25-19(27)15-10-9-14(30-15)11-5-3-7-13(23)18(11)24/h3,5,7,9-10H,2,4,6,8H2,1H3,(H2,25,26,27,31). The number of rotatable bonds is 5. The van der Waals surface area contributed by atoms with Gasteiger partial charge in [-0.05, 0) is 68.2 Å². The quantitative estimate of drug-likeness (QED) is 0.319. The Hall–Kier alpha value is -2.39. The summed E-state index contributed by atoms with van der Waals surface area (Å²) in [5, 5.41) is 6.91. The molecule has 1 aliphatic rings. The molecule has 32 heavy (non-hydrogen) atoms. The maximum absolute atomic E-state index is 12.6. The van der Waals surface area contributed by atoms with Crippen LogP contribution in [0, 0.1) is 0 Å². The minimum Gasteiger partial charge on any atom is -0.462 e. The highest BCUT2D eigenvalue weighted by Gasteiger charge is 2.28. The van der Waals surface area contributed by atoms with Crippen LogP contribution >= 0.6 is 46.8 Å². The van der Waals surface area contributed by atoms with Crippen molar-refractivity contribution >= 4 is 68.7 Å². The zero-order chi connectivity index (χ0) is 22.8. The lowest BCUT2D eigenvalue weighted by Gasteiger charge is -2.10.